The summed E-state index contributed by atoms with van der Waals surface area (Å²) in [7, 11) is -3.71. The molecule has 154 valence electrons. The zero-order chi connectivity index (χ0) is 21.2. The van der Waals surface area contributed by atoms with E-state index < -0.39 is 15.6 Å². The maximum atomic E-state index is 12.7. The first kappa shape index (κ1) is 21.1. The van der Waals surface area contributed by atoms with Gasteiger partial charge in [-0.1, -0.05) is 24.3 Å². The average Bonchev–Trinajstić information content (AvgIpc) is 3.03. The maximum Gasteiger partial charge on any atom is 0.251 e. The summed E-state index contributed by atoms with van der Waals surface area (Å²) < 4.78 is 27.8. The number of hydrogen-bond donors (Lipinski definition) is 3. The van der Waals surface area contributed by atoms with Crippen molar-refractivity contribution in [2.45, 2.75) is 44.6 Å². The van der Waals surface area contributed by atoms with Gasteiger partial charge in [0.25, 0.3) is 5.91 Å². The second kappa shape index (κ2) is 8.00. The van der Waals surface area contributed by atoms with Gasteiger partial charge >= 0.3 is 0 Å². The molecule has 0 bridgehead atoms. The lowest BCUT2D eigenvalue weighted by molar-refractivity contribution is 0.0953. The van der Waals surface area contributed by atoms with Gasteiger partial charge in [0.05, 0.1) is 4.90 Å². The summed E-state index contributed by atoms with van der Waals surface area (Å²) in [5, 5.41) is 4.04. The van der Waals surface area contributed by atoms with Gasteiger partial charge in [-0.05, 0) is 63.4 Å². The molecular weight excluding hydrogens is 386 g/mol. The number of carbonyl (C=O) groups excluding carboxylic acids is 1. The van der Waals surface area contributed by atoms with Crippen molar-refractivity contribution in [3.8, 4) is 0 Å². The van der Waals surface area contributed by atoms with Crippen LogP contribution >= 0.6 is 0 Å². The molecule has 0 atom stereocenters. The minimum Gasteiger partial charge on any atom is -0.361 e. The highest BCUT2D eigenvalue weighted by Crippen LogP contribution is 2.19. The number of aromatic amines is 1. The monoisotopic (exact) mass is 413 g/mol. The molecule has 0 aliphatic rings. The first-order chi connectivity index (χ1) is 13.6. The molecule has 7 heteroatoms. The van der Waals surface area contributed by atoms with E-state index in [1.165, 1.54) is 12.1 Å². The highest BCUT2D eigenvalue weighted by molar-refractivity contribution is 7.89. The zero-order valence-corrected chi connectivity index (χ0v) is 18.0. The number of aryl methyl sites for hydroxylation is 1. The summed E-state index contributed by atoms with van der Waals surface area (Å²) >= 11 is 0. The summed E-state index contributed by atoms with van der Waals surface area (Å²) in [4.78, 5) is 16.0. The number of sulfonamides is 1. The molecule has 0 saturated carbocycles. The van der Waals surface area contributed by atoms with Crippen LogP contribution in [0.4, 0.5) is 0 Å². The molecule has 2 aromatic carbocycles. The second-order valence-corrected chi connectivity index (χ2v) is 9.88. The predicted molar refractivity (Wildman–Crippen MR) is 116 cm³/mol. The van der Waals surface area contributed by atoms with Gasteiger partial charge in [0.2, 0.25) is 10.0 Å². The van der Waals surface area contributed by atoms with E-state index in [0.717, 1.165) is 22.0 Å². The molecule has 0 fully saturated rings. The van der Waals surface area contributed by atoms with Gasteiger partial charge in [-0.3, -0.25) is 4.79 Å². The highest BCUT2D eigenvalue weighted by atomic mass is 32.2. The average molecular weight is 414 g/mol. The quantitative estimate of drug-likeness (QED) is 0.577. The fourth-order valence-electron chi connectivity index (χ4n) is 3.22. The first-order valence-corrected chi connectivity index (χ1v) is 11.0. The lowest BCUT2D eigenvalue weighted by atomic mass is 10.1. The molecular formula is C22H27N3O3S. The Labute approximate surface area is 171 Å². The third-order valence-electron chi connectivity index (χ3n) is 4.56. The molecule has 3 aromatic rings. The summed E-state index contributed by atoms with van der Waals surface area (Å²) in [6.45, 7) is 7.57. The molecule has 0 saturated heterocycles. The van der Waals surface area contributed by atoms with Crippen LogP contribution in [0.3, 0.4) is 0 Å². The van der Waals surface area contributed by atoms with Crippen LogP contribution in [-0.2, 0) is 16.4 Å². The van der Waals surface area contributed by atoms with Crippen molar-refractivity contribution in [2.24, 2.45) is 0 Å². The Morgan fingerprint density at radius 2 is 1.83 bits per heavy atom. The van der Waals surface area contributed by atoms with Gasteiger partial charge in [-0.25, -0.2) is 13.1 Å². The minimum absolute atomic E-state index is 0.0832. The van der Waals surface area contributed by atoms with Gasteiger partial charge in [0, 0.05) is 34.7 Å². The summed E-state index contributed by atoms with van der Waals surface area (Å²) in [6, 6.07) is 12.6. The van der Waals surface area contributed by atoms with Crippen LogP contribution in [0.1, 0.15) is 42.3 Å². The molecule has 1 amide bonds. The van der Waals surface area contributed by atoms with Crippen molar-refractivity contribution in [3.05, 3.63) is 65.4 Å². The standard InChI is InChI=1S/C22H27N3O3S/c1-15-9-10-17(29(27,28)25-22(2,3)4)13-19(15)21(26)23-12-11-16-14-24-20-8-6-5-7-18(16)20/h5-10,13-14,24-25H,11-12H2,1-4H3,(H,23,26). The Morgan fingerprint density at radius 3 is 2.55 bits per heavy atom. The smallest absolute Gasteiger partial charge is 0.251 e. The highest BCUT2D eigenvalue weighted by Gasteiger charge is 2.23. The number of fused-ring (bicyclic) bond motifs is 1. The van der Waals surface area contributed by atoms with Gasteiger partial charge < -0.3 is 10.3 Å². The van der Waals surface area contributed by atoms with Crippen LogP contribution in [0.2, 0.25) is 0 Å². The van der Waals surface area contributed by atoms with E-state index in [9.17, 15) is 13.2 Å². The Hall–Kier alpha value is -2.64. The molecule has 1 heterocycles. The van der Waals surface area contributed by atoms with Crippen LogP contribution in [0, 0.1) is 6.92 Å². The largest absolute Gasteiger partial charge is 0.361 e. The van der Waals surface area contributed by atoms with Crippen LogP contribution in [-0.4, -0.2) is 31.4 Å². The molecule has 3 rings (SSSR count). The van der Waals surface area contributed by atoms with E-state index in [1.807, 2.05) is 30.5 Å². The van der Waals surface area contributed by atoms with Crippen LogP contribution in [0.15, 0.2) is 53.6 Å². The summed E-state index contributed by atoms with van der Waals surface area (Å²) in [5.41, 5.74) is 2.67. The lowest BCUT2D eigenvalue weighted by Crippen LogP contribution is -2.40. The molecule has 1 aromatic heterocycles. The third-order valence-corrected chi connectivity index (χ3v) is 6.31. The number of nitrogens with one attached hydrogen (secondary N) is 3. The van der Waals surface area contributed by atoms with Crippen molar-refractivity contribution in [1.82, 2.24) is 15.0 Å². The van der Waals surface area contributed by atoms with Gasteiger partial charge in [-0.2, -0.15) is 0 Å². The molecule has 3 N–H and O–H groups in total. The van der Waals surface area contributed by atoms with E-state index in [1.54, 1.807) is 33.8 Å². The molecule has 0 unspecified atom stereocenters. The van der Waals surface area contributed by atoms with Gasteiger partial charge in [0.1, 0.15) is 0 Å². The first-order valence-electron chi connectivity index (χ1n) is 9.55. The van der Waals surface area contributed by atoms with Crippen LogP contribution < -0.4 is 10.0 Å². The summed E-state index contributed by atoms with van der Waals surface area (Å²) in [5.74, 6) is -0.282. The SMILES string of the molecule is Cc1ccc(S(=O)(=O)NC(C)(C)C)cc1C(=O)NCCc1c[nH]c2ccccc12. The van der Waals surface area contributed by atoms with Crippen molar-refractivity contribution >= 4 is 26.8 Å². The zero-order valence-electron chi connectivity index (χ0n) is 17.2. The van der Waals surface area contributed by atoms with Crippen molar-refractivity contribution in [1.29, 1.82) is 0 Å². The van der Waals surface area contributed by atoms with Gasteiger partial charge in [0.15, 0.2) is 0 Å². The maximum absolute atomic E-state index is 12.7. The van der Waals surface area contributed by atoms with E-state index in [0.29, 0.717) is 18.5 Å². The van der Waals surface area contributed by atoms with Crippen molar-refractivity contribution in [3.63, 3.8) is 0 Å². The molecule has 6 nitrogen and oxygen atoms in total. The number of H-pyrrole nitrogens is 1. The molecule has 0 aliphatic carbocycles. The van der Waals surface area contributed by atoms with Crippen molar-refractivity contribution in [2.75, 3.05) is 6.54 Å². The Bertz CT molecular complexity index is 1140. The van der Waals surface area contributed by atoms with Crippen LogP contribution in [0.25, 0.3) is 10.9 Å². The number of para-hydroxylation sites is 1. The normalized spacial score (nSPS) is 12.3. The third kappa shape index (κ3) is 5.05. The number of aromatic nitrogens is 1. The fourth-order valence-corrected chi connectivity index (χ4v) is 4.66. The minimum atomic E-state index is -3.71. The Kier molecular flexibility index (Phi) is 5.82. The van der Waals surface area contributed by atoms with E-state index in [4.69, 9.17) is 0 Å². The molecule has 0 aliphatic heterocycles. The fraction of sp³-hybridized carbons (Fsp3) is 0.318. The molecule has 29 heavy (non-hydrogen) atoms. The molecule has 0 spiro atoms. The number of amides is 1. The Morgan fingerprint density at radius 1 is 1.10 bits per heavy atom. The second-order valence-electron chi connectivity index (χ2n) is 8.20. The lowest BCUT2D eigenvalue weighted by Gasteiger charge is -2.20. The van der Waals surface area contributed by atoms with E-state index >= 15 is 0 Å². The number of benzene rings is 2. The molecule has 0 radical (unpaired) electrons. The van der Waals surface area contributed by atoms with Gasteiger partial charge in [-0.15, -0.1) is 0 Å². The summed E-state index contributed by atoms with van der Waals surface area (Å²) in [6.07, 6.45) is 2.63. The van der Waals surface area contributed by atoms with Crippen LogP contribution in [0.5, 0.6) is 0 Å². The predicted octanol–water partition coefficient (Wildman–Crippen LogP) is 3.53. The van der Waals surface area contributed by atoms with Crippen molar-refractivity contribution < 1.29 is 13.2 Å². The topological polar surface area (TPSA) is 91.1 Å². The van der Waals surface area contributed by atoms with E-state index in [-0.39, 0.29) is 10.8 Å². The van der Waals surface area contributed by atoms with E-state index in [2.05, 4.69) is 15.0 Å². The number of carbonyl (C=O) groups is 1. The number of rotatable bonds is 6. The Balaban J connectivity index is 1.72. The number of hydrogen-bond acceptors (Lipinski definition) is 3.